The van der Waals surface area contributed by atoms with Crippen LogP contribution in [0.1, 0.15) is 10.4 Å². The Labute approximate surface area is 144 Å². The molecular formula is C14H7Br3F2O2. The molecule has 0 saturated carbocycles. The fourth-order valence-corrected chi connectivity index (χ4v) is 4.08. The summed E-state index contributed by atoms with van der Waals surface area (Å²) in [6.45, 7) is -0.404. The quantitative estimate of drug-likeness (QED) is 0.535. The van der Waals surface area contributed by atoms with Gasteiger partial charge in [-0.1, -0.05) is 15.9 Å². The van der Waals surface area contributed by atoms with Crippen LogP contribution in [0.5, 0.6) is 5.75 Å². The summed E-state index contributed by atoms with van der Waals surface area (Å²) >= 11 is 9.91. The summed E-state index contributed by atoms with van der Waals surface area (Å²) in [6, 6.07) is 6.20. The third-order valence-electron chi connectivity index (χ3n) is 2.54. The van der Waals surface area contributed by atoms with Gasteiger partial charge in [0.1, 0.15) is 17.4 Å². The first-order valence-corrected chi connectivity index (χ1v) is 8.02. The second-order valence-corrected chi connectivity index (χ2v) is 6.66. The Kier molecular flexibility index (Phi) is 5.51. The van der Waals surface area contributed by atoms with Crippen molar-refractivity contribution in [1.82, 2.24) is 0 Å². The first kappa shape index (κ1) is 16.6. The molecule has 0 fully saturated rings. The molecule has 0 N–H and O–H groups in total. The number of carbonyl (C=O) groups excluding carboxylic acids is 1. The third-order valence-corrected chi connectivity index (χ3v) is 4.18. The van der Waals surface area contributed by atoms with Crippen LogP contribution in [0.4, 0.5) is 8.78 Å². The Morgan fingerprint density at radius 3 is 2.29 bits per heavy atom. The fourth-order valence-electron chi connectivity index (χ4n) is 1.59. The van der Waals surface area contributed by atoms with Gasteiger partial charge in [-0.25, -0.2) is 8.78 Å². The number of Topliss-reactive ketones (excluding diaryl/α,β-unsaturated/α-hetero) is 1. The van der Waals surface area contributed by atoms with Gasteiger partial charge in [0.2, 0.25) is 5.78 Å². The van der Waals surface area contributed by atoms with Crippen LogP contribution >= 0.6 is 47.8 Å². The van der Waals surface area contributed by atoms with E-state index in [0.29, 0.717) is 14.7 Å². The van der Waals surface area contributed by atoms with E-state index in [-0.39, 0.29) is 5.56 Å². The first-order valence-electron chi connectivity index (χ1n) is 5.64. The second kappa shape index (κ2) is 6.98. The normalized spacial score (nSPS) is 10.5. The lowest BCUT2D eigenvalue weighted by Crippen LogP contribution is -2.14. The number of ketones is 1. The van der Waals surface area contributed by atoms with Crippen LogP contribution in [0, 0.1) is 11.6 Å². The molecule has 0 aromatic heterocycles. The molecule has 0 bridgehead atoms. The van der Waals surface area contributed by atoms with Gasteiger partial charge in [0, 0.05) is 4.47 Å². The Morgan fingerprint density at radius 2 is 1.67 bits per heavy atom. The molecule has 0 heterocycles. The van der Waals surface area contributed by atoms with Crippen molar-refractivity contribution >= 4 is 53.6 Å². The number of ether oxygens (including phenoxy) is 1. The number of halogens is 5. The largest absolute Gasteiger partial charge is 0.483 e. The molecular weight excluding hydrogens is 478 g/mol. The fraction of sp³-hybridized carbons (Fsp3) is 0.0714. The van der Waals surface area contributed by atoms with Crippen LogP contribution in [0.25, 0.3) is 0 Å². The van der Waals surface area contributed by atoms with E-state index in [1.165, 1.54) is 0 Å². The van der Waals surface area contributed by atoms with E-state index in [2.05, 4.69) is 47.8 Å². The van der Waals surface area contributed by atoms with Gasteiger partial charge in [0.15, 0.2) is 6.61 Å². The SMILES string of the molecule is O=C(COc1c(Br)cc(Br)cc1Br)c1cc(F)ccc1F. The topological polar surface area (TPSA) is 26.3 Å². The lowest BCUT2D eigenvalue weighted by Gasteiger charge is -2.10. The number of rotatable bonds is 4. The highest BCUT2D eigenvalue weighted by Gasteiger charge is 2.15. The summed E-state index contributed by atoms with van der Waals surface area (Å²) in [7, 11) is 0. The van der Waals surface area contributed by atoms with E-state index in [9.17, 15) is 13.6 Å². The molecule has 110 valence electrons. The Bertz CT molecular complexity index is 682. The van der Waals surface area contributed by atoms with Gasteiger partial charge in [0.25, 0.3) is 0 Å². The van der Waals surface area contributed by atoms with Crippen LogP contribution in [0.3, 0.4) is 0 Å². The molecule has 0 saturated heterocycles. The molecule has 0 unspecified atom stereocenters. The summed E-state index contributed by atoms with van der Waals surface area (Å²) in [5.74, 6) is -1.69. The highest BCUT2D eigenvalue weighted by molar-refractivity contribution is 9.11. The Morgan fingerprint density at radius 1 is 1.05 bits per heavy atom. The number of hydrogen-bond donors (Lipinski definition) is 0. The van der Waals surface area contributed by atoms with Crippen molar-refractivity contribution in [2.45, 2.75) is 0 Å². The minimum absolute atomic E-state index is 0.334. The van der Waals surface area contributed by atoms with Gasteiger partial charge < -0.3 is 4.74 Å². The molecule has 2 rings (SSSR count). The monoisotopic (exact) mass is 482 g/mol. The van der Waals surface area contributed by atoms with Crippen LogP contribution in [-0.4, -0.2) is 12.4 Å². The summed E-state index contributed by atoms with van der Waals surface area (Å²) in [5, 5.41) is 0. The summed E-state index contributed by atoms with van der Waals surface area (Å²) in [5.41, 5.74) is -0.334. The minimum atomic E-state index is -0.779. The Hall–Kier alpha value is -0.790. The molecule has 0 radical (unpaired) electrons. The van der Waals surface area contributed by atoms with Crippen molar-refractivity contribution in [2.75, 3.05) is 6.61 Å². The van der Waals surface area contributed by atoms with E-state index in [4.69, 9.17) is 4.74 Å². The van der Waals surface area contributed by atoms with Gasteiger partial charge in [-0.2, -0.15) is 0 Å². The summed E-state index contributed by atoms with van der Waals surface area (Å²) in [4.78, 5) is 11.9. The van der Waals surface area contributed by atoms with Crippen molar-refractivity contribution in [2.24, 2.45) is 0 Å². The average molecular weight is 485 g/mol. The van der Waals surface area contributed by atoms with Gasteiger partial charge in [-0.05, 0) is 62.2 Å². The van der Waals surface area contributed by atoms with Gasteiger partial charge in [0.05, 0.1) is 14.5 Å². The summed E-state index contributed by atoms with van der Waals surface area (Å²) in [6.07, 6.45) is 0. The van der Waals surface area contributed by atoms with Crippen molar-refractivity contribution in [1.29, 1.82) is 0 Å². The maximum atomic E-state index is 13.5. The molecule has 0 spiro atoms. The van der Waals surface area contributed by atoms with E-state index < -0.39 is 24.0 Å². The molecule has 7 heteroatoms. The smallest absolute Gasteiger partial charge is 0.203 e. The van der Waals surface area contributed by atoms with Crippen LogP contribution < -0.4 is 4.74 Å². The summed E-state index contributed by atoms with van der Waals surface area (Å²) < 4.78 is 34.0. The molecule has 0 aliphatic carbocycles. The van der Waals surface area contributed by atoms with E-state index in [0.717, 1.165) is 22.7 Å². The van der Waals surface area contributed by atoms with Crippen LogP contribution in [-0.2, 0) is 0 Å². The zero-order valence-corrected chi connectivity index (χ0v) is 15.1. The maximum absolute atomic E-state index is 13.5. The number of benzene rings is 2. The van der Waals surface area contributed by atoms with Crippen molar-refractivity contribution in [3.05, 3.63) is 60.9 Å². The molecule has 2 nitrogen and oxygen atoms in total. The van der Waals surface area contributed by atoms with E-state index in [1.807, 2.05) is 0 Å². The molecule has 21 heavy (non-hydrogen) atoms. The first-order chi connectivity index (χ1) is 9.88. The van der Waals surface area contributed by atoms with Gasteiger partial charge >= 0.3 is 0 Å². The highest BCUT2D eigenvalue weighted by atomic mass is 79.9. The average Bonchev–Trinajstić information content (AvgIpc) is 2.40. The molecule has 0 aliphatic heterocycles. The maximum Gasteiger partial charge on any atom is 0.203 e. The standard InChI is InChI=1S/C14H7Br3F2O2/c15-7-3-10(16)14(11(17)4-7)21-6-13(20)9-5-8(18)1-2-12(9)19/h1-5H,6H2. The van der Waals surface area contributed by atoms with E-state index in [1.54, 1.807) is 12.1 Å². The predicted molar refractivity (Wildman–Crippen MR) is 85.7 cm³/mol. The zero-order chi connectivity index (χ0) is 15.6. The molecule has 0 aliphatic rings. The lowest BCUT2D eigenvalue weighted by atomic mass is 10.1. The van der Waals surface area contributed by atoms with Crippen molar-refractivity contribution in [3.63, 3.8) is 0 Å². The van der Waals surface area contributed by atoms with Crippen molar-refractivity contribution < 1.29 is 18.3 Å². The molecule has 2 aromatic carbocycles. The van der Waals surface area contributed by atoms with Gasteiger partial charge in [-0.3, -0.25) is 4.79 Å². The van der Waals surface area contributed by atoms with Crippen LogP contribution in [0.15, 0.2) is 43.7 Å². The number of carbonyl (C=O) groups is 1. The Balaban J connectivity index is 2.17. The second-order valence-electron chi connectivity index (χ2n) is 4.03. The highest BCUT2D eigenvalue weighted by Crippen LogP contribution is 2.36. The van der Waals surface area contributed by atoms with Gasteiger partial charge in [-0.15, -0.1) is 0 Å². The van der Waals surface area contributed by atoms with E-state index >= 15 is 0 Å². The van der Waals surface area contributed by atoms with Crippen LogP contribution in [0.2, 0.25) is 0 Å². The molecule has 0 amide bonds. The zero-order valence-electron chi connectivity index (χ0n) is 10.3. The third kappa shape index (κ3) is 4.11. The minimum Gasteiger partial charge on any atom is -0.483 e. The van der Waals surface area contributed by atoms with Crippen molar-refractivity contribution in [3.8, 4) is 5.75 Å². The predicted octanol–water partition coefficient (Wildman–Crippen LogP) is 5.51. The molecule has 0 atom stereocenters. The molecule has 2 aromatic rings. The number of hydrogen-bond acceptors (Lipinski definition) is 2. The lowest BCUT2D eigenvalue weighted by molar-refractivity contribution is 0.0916.